The van der Waals surface area contributed by atoms with E-state index in [2.05, 4.69) is 15.3 Å². The molecule has 1 aromatic carbocycles. The normalized spacial score (nSPS) is 10.1. The number of carboxylic acids is 1. The highest BCUT2D eigenvalue weighted by molar-refractivity contribution is 5.89. The number of aliphatic carboxylic acids is 1. The molecule has 5 nitrogen and oxygen atoms in total. The van der Waals surface area contributed by atoms with Crippen molar-refractivity contribution in [3.63, 3.8) is 0 Å². The number of para-hydroxylation sites is 1. The van der Waals surface area contributed by atoms with Crippen LogP contribution in [0.15, 0.2) is 30.6 Å². The van der Waals surface area contributed by atoms with Crippen LogP contribution in [0, 0.1) is 0 Å². The van der Waals surface area contributed by atoms with Crippen molar-refractivity contribution in [3.8, 4) is 0 Å². The van der Waals surface area contributed by atoms with Crippen molar-refractivity contribution in [1.82, 2.24) is 9.97 Å². The second-order valence-corrected chi connectivity index (χ2v) is 2.99. The molecule has 2 N–H and O–H groups in total. The molecule has 2 aromatic rings. The fourth-order valence-electron chi connectivity index (χ4n) is 1.31. The van der Waals surface area contributed by atoms with Crippen molar-refractivity contribution < 1.29 is 9.90 Å². The minimum absolute atomic E-state index is 0.152. The summed E-state index contributed by atoms with van der Waals surface area (Å²) in [6.07, 6.45) is 1.41. The first-order valence-electron chi connectivity index (χ1n) is 4.43. The highest BCUT2D eigenvalue weighted by Crippen LogP contribution is 2.17. The average molecular weight is 203 g/mol. The van der Waals surface area contributed by atoms with E-state index in [1.807, 2.05) is 24.3 Å². The van der Waals surface area contributed by atoms with Crippen molar-refractivity contribution >= 4 is 22.7 Å². The Labute approximate surface area is 85.8 Å². The Balaban J connectivity index is 2.38. The van der Waals surface area contributed by atoms with Crippen LogP contribution >= 0.6 is 0 Å². The predicted molar refractivity (Wildman–Crippen MR) is 55.7 cm³/mol. The van der Waals surface area contributed by atoms with E-state index in [0.29, 0.717) is 5.82 Å². The summed E-state index contributed by atoms with van der Waals surface area (Å²) in [6.45, 7) is -0.152. The lowest BCUT2D eigenvalue weighted by molar-refractivity contribution is -0.134. The summed E-state index contributed by atoms with van der Waals surface area (Å²) in [6, 6.07) is 7.43. The molecule has 0 saturated heterocycles. The van der Waals surface area contributed by atoms with Gasteiger partial charge in [-0.15, -0.1) is 0 Å². The van der Waals surface area contributed by atoms with Gasteiger partial charge in [0, 0.05) is 5.39 Å². The first kappa shape index (κ1) is 9.39. The van der Waals surface area contributed by atoms with Crippen LogP contribution in [0.2, 0.25) is 0 Å². The molecule has 5 heteroatoms. The molecule has 0 atom stereocenters. The highest BCUT2D eigenvalue weighted by atomic mass is 16.4. The average Bonchev–Trinajstić information content (AvgIpc) is 2.26. The Hall–Kier alpha value is -2.17. The molecule has 0 saturated carbocycles. The molecular weight excluding hydrogens is 194 g/mol. The third-order valence-corrected chi connectivity index (χ3v) is 1.95. The number of nitrogens with one attached hydrogen (secondary N) is 1. The van der Waals surface area contributed by atoms with Crippen molar-refractivity contribution in [3.05, 3.63) is 30.6 Å². The Morgan fingerprint density at radius 3 is 2.93 bits per heavy atom. The zero-order valence-electron chi connectivity index (χ0n) is 7.84. The Morgan fingerprint density at radius 2 is 2.13 bits per heavy atom. The van der Waals surface area contributed by atoms with Crippen LogP contribution in [-0.2, 0) is 4.79 Å². The number of aromatic nitrogens is 2. The number of fused-ring (bicyclic) bond motifs is 1. The van der Waals surface area contributed by atoms with E-state index in [0.717, 1.165) is 10.9 Å². The molecule has 1 heterocycles. The quantitative estimate of drug-likeness (QED) is 0.782. The topological polar surface area (TPSA) is 75.1 Å². The third kappa shape index (κ3) is 2.01. The van der Waals surface area contributed by atoms with Gasteiger partial charge in [-0.1, -0.05) is 12.1 Å². The van der Waals surface area contributed by atoms with Crippen molar-refractivity contribution in [2.75, 3.05) is 11.9 Å². The molecular formula is C10H9N3O2. The molecule has 2 rings (SSSR count). The smallest absolute Gasteiger partial charge is 0.322 e. The molecule has 0 fully saturated rings. The lowest BCUT2D eigenvalue weighted by Gasteiger charge is -2.05. The van der Waals surface area contributed by atoms with Gasteiger partial charge < -0.3 is 10.4 Å². The van der Waals surface area contributed by atoms with E-state index in [-0.39, 0.29) is 6.54 Å². The van der Waals surface area contributed by atoms with Gasteiger partial charge in [0.15, 0.2) is 0 Å². The van der Waals surface area contributed by atoms with E-state index in [9.17, 15) is 4.79 Å². The minimum Gasteiger partial charge on any atom is -0.480 e. The fourth-order valence-corrected chi connectivity index (χ4v) is 1.31. The zero-order valence-corrected chi connectivity index (χ0v) is 7.84. The number of carboxylic acid groups (broad SMARTS) is 1. The Morgan fingerprint density at radius 1 is 1.33 bits per heavy atom. The Kier molecular flexibility index (Phi) is 2.45. The van der Waals surface area contributed by atoms with Crippen molar-refractivity contribution in [2.45, 2.75) is 0 Å². The molecule has 1 aromatic heterocycles. The number of benzene rings is 1. The SMILES string of the molecule is O=C(O)CNc1ncnc2ccccc12. The second kappa shape index (κ2) is 3.91. The van der Waals surface area contributed by atoms with Gasteiger partial charge in [-0.25, -0.2) is 9.97 Å². The standard InChI is InChI=1S/C10H9N3O2/c14-9(15)5-11-10-7-3-1-2-4-8(7)12-6-13-10/h1-4,6H,5H2,(H,14,15)(H,11,12,13). The van der Waals surface area contributed by atoms with Crippen LogP contribution in [0.1, 0.15) is 0 Å². The van der Waals surface area contributed by atoms with Crippen molar-refractivity contribution in [1.29, 1.82) is 0 Å². The zero-order chi connectivity index (χ0) is 10.7. The summed E-state index contributed by atoms with van der Waals surface area (Å²) in [7, 11) is 0. The fraction of sp³-hybridized carbons (Fsp3) is 0.100. The molecule has 0 spiro atoms. The monoisotopic (exact) mass is 203 g/mol. The largest absolute Gasteiger partial charge is 0.480 e. The molecule has 0 radical (unpaired) electrons. The Bertz CT molecular complexity index is 493. The van der Waals surface area contributed by atoms with Crippen LogP contribution in [0.5, 0.6) is 0 Å². The number of rotatable bonds is 3. The molecule has 0 bridgehead atoms. The van der Waals surface area contributed by atoms with E-state index in [1.165, 1.54) is 6.33 Å². The van der Waals surface area contributed by atoms with E-state index >= 15 is 0 Å². The van der Waals surface area contributed by atoms with Crippen LogP contribution in [0.4, 0.5) is 5.82 Å². The summed E-state index contributed by atoms with van der Waals surface area (Å²) in [5.41, 5.74) is 0.792. The van der Waals surface area contributed by atoms with Gasteiger partial charge in [-0.05, 0) is 12.1 Å². The molecule has 0 unspecified atom stereocenters. The molecule has 0 aliphatic rings. The predicted octanol–water partition coefficient (Wildman–Crippen LogP) is 1.13. The van der Waals surface area contributed by atoms with Gasteiger partial charge in [-0.2, -0.15) is 0 Å². The highest BCUT2D eigenvalue weighted by Gasteiger charge is 2.03. The van der Waals surface area contributed by atoms with Gasteiger partial charge in [0.25, 0.3) is 0 Å². The van der Waals surface area contributed by atoms with Gasteiger partial charge in [0.2, 0.25) is 0 Å². The molecule has 15 heavy (non-hydrogen) atoms. The number of hydrogen-bond donors (Lipinski definition) is 2. The summed E-state index contributed by atoms with van der Waals surface area (Å²) in [5.74, 6) is -0.374. The third-order valence-electron chi connectivity index (χ3n) is 1.95. The molecule has 0 aliphatic carbocycles. The minimum atomic E-state index is -0.919. The second-order valence-electron chi connectivity index (χ2n) is 2.99. The lowest BCUT2D eigenvalue weighted by atomic mass is 10.2. The maximum Gasteiger partial charge on any atom is 0.322 e. The maximum absolute atomic E-state index is 10.4. The first-order chi connectivity index (χ1) is 7.27. The van der Waals surface area contributed by atoms with E-state index in [4.69, 9.17) is 5.11 Å². The van der Waals surface area contributed by atoms with Crippen LogP contribution in [-0.4, -0.2) is 27.6 Å². The summed E-state index contributed by atoms with van der Waals surface area (Å²) in [5, 5.41) is 12.1. The van der Waals surface area contributed by atoms with Crippen LogP contribution < -0.4 is 5.32 Å². The van der Waals surface area contributed by atoms with Crippen LogP contribution in [0.3, 0.4) is 0 Å². The number of anilines is 1. The molecule has 0 aliphatic heterocycles. The van der Waals surface area contributed by atoms with Gasteiger partial charge >= 0.3 is 5.97 Å². The number of hydrogen-bond acceptors (Lipinski definition) is 4. The van der Waals surface area contributed by atoms with Gasteiger partial charge in [0.05, 0.1) is 5.52 Å². The van der Waals surface area contributed by atoms with Gasteiger partial charge in [-0.3, -0.25) is 4.79 Å². The summed E-state index contributed by atoms with van der Waals surface area (Å²) in [4.78, 5) is 18.5. The van der Waals surface area contributed by atoms with Crippen molar-refractivity contribution in [2.24, 2.45) is 0 Å². The molecule has 0 amide bonds. The lowest BCUT2D eigenvalue weighted by Crippen LogP contribution is -2.13. The first-order valence-corrected chi connectivity index (χ1v) is 4.43. The molecule has 76 valence electrons. The summed E-state index contributed by atoms with van der Waals surface area (Å²) < 4.78 is 0. The van der Waals surface area contributed by atoms with E-state index in [1.54, 1.807) is 0 Å². The number of carbonyl (C=O) groups is 1. The van der Waals surface area contributed by atoms with Crippen LogP contribution in [0.25, 0.3) is 10.9 Å². The van der Waals surface area contributed by atoms with E-state index < -0.39 is 5.97 Å². The number of nitrogens with zero attached hydrogens (tertiary/aromatic N) is 2. The summed E-state index contributed by atoms with van der Waals surface area (Å²) >= 11 is 0. The maximum atomic E-state index is 10.4. The van der Waals surface area contributed by atoms with Gasteiger partial charge in [0.1, 0.15) is 18.7 Å².